The number of hydrogen-bond acceptors (Lipinski definition) is 4. The van der Waals surface area contributed by atoms with E-state index in [0.29, 0.717) is 6.54 Å². The van der Waals surface area contributed by atoms with Crippen LogP contribution in [0.4, 0.5) is 5.69 Å². The Bertz CT molecular complexity index is 754. The van der Waals surface area contributed by atoms with Crippen LogP contribution in [0.15, 0.2) is 29.3 Å². The van der Waals surface area contributed by atoms with Crippen molar-refractivity contribution in [1.82, 2.24) is 20.1 Å². The Labute approximate surface area is 155 Å². The summed E-state index contributed by atoms with van der Waals surface area (Å²) in [5.41, 5.74) is 2.60. The smallest absolute Gasteiger partial charge is 0.198 e. The van der Waals surface area contributed by atoms with Crippen LogP contribution in [-0.2, 0) is 24.8 Å². The number of rotatable bonds is 7. The van der Waals surface area contributed by atoms with Crippen molar-refractivity contribution in [1.29, 1.82) is 0 Å². The minimum Gasteiger partial charge on any atom is -0.382 e. The quantitative estimate of drug-likeness (QED) is 0.467. The molecular formula is C19H28N6O. The SMILES string of the molecule is CCOCCCNC(=NCc1nnc(C)n1C)N1CCc2ccccc21. The first kappa shape index (κ1) is 18.4. The lowest BCUT2D eigenvalue weighted by Gasteiger charge is -2.23. The number of guanidine groups is 1. The van der Waals surface area contributed by atoms with E-state index in [9.17, 15) is 0 Å². The van der Waals surface area contributed by atoms with Gasteiger partial charge in [-0.2, -0.15) is 0 Å². The second kappa shape index (κ2) is 8.80. The van der Waals surface area contributed by atoms with Crippen molar-refractivity contribution in [3.63, 3.8) is 0 Å². The molecule has 1 aromatic carbocycles. The molecular weight excluding hydrogens is 328 g/mol. The molecule has 0 saturated carbocycles. The van der Waals surface area contributed by atoms with Crippen LogP contribution in [0.2, 0.25) is 0 Å². The first-order valence-corrected chi connectivity index (χ1v) is 9.27. The Morgan fingerprint density at radius 3 is 2.92 bits per heavy atom. The molecule has 3 rings (SSSR count). The second-order valence-electron chi connectivity index (χ2n) is 6.37. The topological polar surface area (TPSA) is 67.6 Å². The summed E-state index contributed by atoms with van der Waals surface area (Å²) in [6.07, 6.45) is 1.99. The number of aromatic nitrogens is 3. The number of benzene rings is 1. The van der Waals surface area contributed by atoms with Crippen molar-refractivity contribution < 1.29 is 4.74 Å². The van der Waals surface area contributed by atoms with Gasteiger partial charge in [-0.1, -0.05) is 18.2 Å². The lowest BCUT2D eigenvalue weighted by Crippen LogP contribution is -2.41. The van der Waals surface area contributed by atoms with Crippen molar-refractivity contribution in [3.05, 3.63) is 41.5 Å². The summed E-state index contributed by atoms with van der Waals surface area (Å²) in [6.45, 7) is 7.75. The van der Waals surface area contributed by atoms with Gasteiger partial charge in [-0.25, -0.2) is 4.99 Å². The minimum atomic E-state index is 0.504. The summed E-state index contributed by atoms with van der Waals surface area (Å²) in [5, 5.41) is 11.8. The molecule has 7 heteroatoms. The van der Waals surface area contributed by atoms with Gasteiger partial charge in [0.2, 0.25) is 0 Å². The van der Waals surface area contributed by atoms with E-state index in [2.05, 4.69) is 44.7 Å². The molecule has 7 nitrogen and oxygen atoms in total. The molecule has 140 valence electrons. The van der Waals surface area contributed by atoms with E-state index in [0.717, 1.165) is 56.8 Å². The first-order chi connectivity index (χ1) is 12.7. The zero-order valence-corrected chi connectivity index (χ0v) is 15.9. The highest BCUT2D eigenvalue weighted by atomic mass is 16.5. The monoisotopic (exact) mass is 356 g/mol. The van der Waals surface area contributed by atoms with Gasteiger partial charge in [-0.3, -0.25) is 0 Å². The third kappa shape index (κ3) is 4.22. The molecule has 0 bridgehead atoms. The number of nitrogens with zero attached hydrogens (tertiary/aromatic N) is 5. The fourth-order valence-corrected chi connectivity index (χ4v) is 3.05. The summed E-state index contributed by atoms with van der Waals surface area (Å²) in [5.74, 6) is 2.66. The highest BCUT2D eigenvalue weighted by Crippen LogP contribution is 2.27. The normalized spacial score (nSPS) is 14.0. The third-order valence-electron chi connectivity index (χ3n) is 4.65. The van der Waals surface area contributed by atoms with E-state index < -0.39 is 0 Å². The van der Waals surface area contributed by atoms with Gasteiger partial charge in [0.1, 0.15) is 12.4 Å². The molecule has 0 saturated heterocycles. The molecule has 2 heterocycles. The van der Waals surface area contributed by atoms with Gasteiger partial charge in [-0.05, 0) is 38.3 Å². The predicted molar refractivity (Wildman–Crippen MR) is 103 cm³/mol. The zero-order chi connectivity index (χ0) is 18.4. The molecule has 0 fully saturated rings. The van der Waals surface area contributed by atoms with E-state index >= 15 is 0 Å². The average molecular weight is 356 g/mol. The van der Waals surface area contributed by atoms with Gasteiger partial charge >= 0.3 is 0 Å². The fourth-order valence-electron chi connectivity index (χ4n) is 3.05. The number of ether oxygens (including phenoxy) is 1. The summed E-state index contributed by atoms with van der Waals surface area (Å²) in [6, 6.07) is 8.52. The van der Waals surface area contributed by atoms with Gasteiger partial charge in [0.25, 0.3) is 0 Å². The van der Waals surface area contributed by atoms with Crippen molar-refractivity contribution >= 4 is 11.6 Å². The molecule has 26 heavy (non-hydrogen) atoms. The van der Waals surface area contributed by atoms with E-state index in [1.807, 2.05) is 25.5 Å². The standard InChI is InChI=1S/C19H28N6O/c1-4-26-13-7-11-20-19(21-14-18-23-22-15(2)24(18)3)25-12-10-16-8-5-6-9-17(16)25/h5-6,8-9H,4,7,10-14H2,1-3H3,(H,20,21). The van der Waals surface area contributed by atoms with Crippen LogP contribution in [0.25, 0.3) is 0 Å². The van der Waals surface area contributed by atoms with E-state index in [4.69, 9.17) is 9.73 Å². The van der Waals surface area contributed by atoms with Crippen molar-refractivity contribution in [2.75, 3.05) is 31.2 Å². The average Bonchev–Trinajstić information content (AvgIpc) is 3.22. The summed E-state index contributed by atoms with van der Waals surface area (Å²) < 4.78 is 7.41. The van der Waals surface area contributed by atoms with Crippen molar-refractivity contribution in [2.45, 2.75) is 33.2 Å². The molecule has 0 atom stereocenters. The molecule has 1 aromatic heterocycles. The van der Waals surface area contributed by atoms with Crippen LogP contribution in [-0.4, -0.2) is 47.0 Å². The van der Waals surface area contributed by atoms with Crippen LogP contribution < -0.4 is 10.2 Å². The number of anilines is 1. The highest BCUT2D eigenvalue weighted by molar-refractivity contribution is 5.97. The minimum absolute atomic E-state index is 0.504. The van der Waals surface area contributed by atoms with Crippen molar-refractivity contribution in [3.8, 4) is 0 Å². The molecule has 0 spiro atoms. The van der Waals surface area contributed by atoms with Gasteiger partial charge in [0.05, 0.1) is 0 Å². The van der Waals surface area contributed by atoms with Crippen LogP contribution in [0, 0.1) is 6.92 Å². The Kier molecular flexibility index (Phi) is 6.22. The Hall–Kier alpha value is -2.41. The van der Waals surface area contributed by atoms with Gasteiger partial charge in [0, 0.05) is 39.0 Å². The summed E-state index contributed by atoms with van der Waals surface area (Å²) in [4.78, 5) is 7.10. The Morgan fingerprint density at radius 2 is 2.15 bits per heavy atom. The Morgan fingerprint density at radius 1 is 1.31 bits per heavy atom. The first-order valence-electron chi connectivity index (χ1n) is 9.27. The van der Waals surface area contributed by atoms with E-state index in [1.54, 1.807) is 0 Å². The van der Waals surface area contributed by atoms with Gasteiger partial charge in [0.15, 0.2) is 11.8 Å². The van der Waals surface area contributed by atoms with Crippen LogP contribution in [0.1, 0.15) is 30.6 Å². The number of fused-ring (bicyclic) bond motifs is 1. The maximum atomic E-state index is 5.43. The van der Waals surface area contributed by atoms with E-state index in [-0.39, 0.29) is 0 Å². The molecule has 0 radical (unpaired) electrons. The summed E-state index contributed by atoms with van der Waals surface area (Å²) in [7, 11) is 1.97. The van der Waals surface area contributed by atoms with Gasteiger partial charge in [-0.15, -0.1) is 10.2 Å². The molecule has 0 aliphatic carbocycles. The second-order valence-corrected chi connectivity index (χ2v) is 6.37. The lowest BCUT2D eigenvalue weighted by atomic mass is 10.2. The molecule has 1 N–H and O–H groups in total. The zero-order valence-electron chi connectivity index (χ0n) is 15.9. The van der Waals surface area contributed by atoms with Crippen LogP contribution in [0.5, 0.6) is 0 Å². The number of aliphatic imine (C=N–C) groups is 1. The molecule has 1 aliphatic rings. The lowest BCUT2D eigenvalue weighted by molar-refractivity contribution is 0.145. The van der Waals surface area contributed by atoms with Crippen molar-refractivity contribution in [2.24, 2.45) is 12.0 Å². The number of hydrogen-bond donors (Lipinski definition) is 1. The maximum Gasteiger partial charge on any atom is 0.198 e. The number of aryl methyl sites for hydroxylation is 1. The molecule has 0 amide bonds. The molecule has 2 aromatic rings. The predicted octanol–water partition coefficient (Wildman–Crippen LogP) is 2.06. The maximum absolute atomic E-state index is 5.43. The highest BCUT2D eigenvalue weighted by Gasteiger charge is 2.22. The largest absolute Gasteiger partial charge is 0.382 e. The van der Waals surface area contributed by atoms with Crippen LogP contribution in [0.3, 0.4) is 0 Å². The molecule has 1 aliphatic heterocycles. The number of nitrogens with one attached hydrogen (secondary N) is 1. The van der Waals surface area contributed by atoms with E-state index in [1.165, 1.54) is 11.3 Å². The van der Waals surface area contributed by atoms with Gasteiger partial charge < -0.3 is 19.5 Å². The number of para-hydroxylation sites is 1. The van der Waals surface area contributed by atoms with Crippen LogP contribution >= 0.6 is 0 Å². The Balaban J connectivity index is 1.73. The molecule has 0 unspecified atom stereocenters. The summed E-state index contributed by atoms with van der Waals surface area (Å²) >= 11 is 0. The fraction of sp³-hybridized carbons (Fsp3) is 0.526. The third-order valence-corrected chi connectivity index (χ3v) is 4.65.